The third-order valence-electron chi connectivity index (χ3n) is 2.46. The van der Waals surface area contributed by atoms with Crippen molar-refractivity contribution >= 4 is 6.03 Å². The lowest BCUT2D eigenvalue weighted by atomic mass is 10.1. The molecule has 0 spiro atoms. The van der Waals surface area contributed by atoms with Crippen molar-refractivity contribution < 1.29 is 9.53 Å². The van der Waals surface area contributed by atoms with Crippen LogP contribution in [-0.2, 0) is 4.74 Å². The molecule has 2 amide bonds. The Kier molecular flexibility index (Phi) is 4.99. The van der Waals surface area contributed by atoms with Crippen LogP contribution in [0.3, 0.4) is 0 Å². The molecule has 1 aliphatic rings. The molecule has 0 aromatic carbocycles. The normalized spacial score (nSPS) is 21.7. The summed E-state index contributed by atoms with van der Waals surface area (Å²) in [5.74, 6) is 2.55. The van der Waals surface area contributed by atoms with Crippen molar-refractivity contribution in [1.82, 2.24) is 10.6 Å². The summed E-state index contributed by atoms with van der Waals surface area (Å²) in [5.41, 5.74) is 0. The van der Waals surface area contributed by atoms with Crippen LogP contribution in [0.1, 0.15) is 26.2 Å². The molecule has 1 rings (SSSR count). The number of ether oxygens (including phenoxy) is 1. The van der Waals surface area contributed by atoms with Crippen molar-refractivity contribution in [2.75, 3.05) is 13.2 Å². The summed E-state index contributed by atoms with van der Waals surface area (Å²) in [6.45, 7) is 3.34. The number of urea groups is 1. The van der Waals surface area contributed by atoms with E-state index >= 15 is 0 Å². The number of rotatable bonds is 4. The van der Waals surface area contributed by atoms with Gasteiger partial charge in [-0.1, -0.05) is 6.92 Å². The zero-order valence-electron chi connectivity index (χ0n) is 9.08. The van der Waals surface area contributed by atoms with Crippen LogP contribution in [0.4, 0.5) is 4.79 Å². The average molecular weight is 210 g/mol. The van der Waals surface area contributed by atoms with Gasteiger partial charge in [-0.15, -0.1) is 12.3 Å². The van der Waals surface area contributed by atoms with E-state index in [-0.39, 0.29) is 18.1 Å². The Hall–Kier alpha value is -1.21. The highest BCUT2D eigenvalue weighted by atomic mass is 16.5. The number of nitrogens with one attached hydrogen (secondary N) is 2. The maximum absolute atomic E-state index is 11.5. The van der Waals surface area contributed by atoms with Gasteiger partial charge in [0.2, 0.25) is 0 Å². The second kappa shape index (κ2) is 6.31. The van der Waals surface area contributed by atoms with E-state index < -0.39 is 0 Å². The minimum absolute atomic E-state index is 0.0670. The minimum atomic E-state index is -0.146. The fourth-order valence-corrected chi connectivity index (χ4v) is 1.50. The van der Waals surface area contributed by atoms with Crippen LogP contribution in [0.25, 0.3) is 0 Å². The molecule has 15 heavy (non-hydrogen) atoms. The third-order valence-corrected chi connectivity index (χ3v) is 2.46. The van der Waals surface area contributed by atoms with Crippen LogP contribution in [0, 0.1) is 12.3 Å². The molecule has 0 bridgehead atoms. The highest BCUT2D eigenvalue weighted by Gasteiger charge is 2.18. The van der Waals surface area contributed by atoms with Gasteiger partial charge in [0.05, 0.1) is 12.6 Å². The predicted molar refractivity (Wildman–Crippen MR) is 58.4 cm³/mol. The molecule has 2 atom stereocenters. The summed E-state index contributed by atoms with van der Waals surface area (Å²) < 4.78 is 5.16. The predicted octanol–water partition coefficient (Wildman–Crippen LogP) is 0.876. The summed E-state index contributed by atoms with van der Waals surface area (Å²) in [4.78, 5) is 11.5. The third kappa shape index (κ3) is 4.22. The van der Waals surface area contributed by atoms with Crippen molar-refractivity contribution in [2.45, 2.75) is 38.3 Å². The SMILES string of the molecule is C#CCC(CC)NC(=O)NC1CCOC1. The quantitative estimate of drug-likeness (QED) is 0.677. The zero-order valence-corrected chi connectivity index (χ0v) is 9.08. The van der Waals surface area contributed by atoms with Crippen LogP contribution in [-0.4, -0.2) is 31.3 Å². The van der Waals surface area contributed by atoms with Gasteiger partial charge in [-0.2, -0.15) is 0 Å². The first kappa shape index (κ1) is 11.9. The fourth-order valence-electron chi connectivity index (χ4n) is 1.50. The Morgan fingerprint density at radius 2 is 2.53 bits per heavy atom. The Labute approximate surface area is 90.8 Å². The zero-order chi connectivity index (χ0) is 11.1. The molecule has 0 aromatic heterocycles. The lowest BCUT2D eigenvalue weighted by Crippen LogP contribution is -2.46. The molecule has 4 nitrogen and oxygen atoms in total. The number of terminal acetylenes is 1. The van der Waals surface area contributed by atoms with E-state index in [2.05, 4.69) is 16.6 Å². The van der Waals surface area contributed by atoms with Gasteiger partial charge in [-0.3, -0.25) is 0 Å². The van der Waals surface area contributed by atoms with Crippen LogP contribution in [0.15, 0.2) is 0 Å². The van der Waals surface area contributed by atoms with Gasteiger partial charge in [0, 0.05) is 19.1 Å². The molecule has 0 aromatic rings. The van der Waals surface area contributed by atoms with Crippen molar-refractivity contribution in [3.8, 4) is 12.3 Å². The number of hydrogen-bond acceptors (Lipinski definition) is 2. The topological polar surface area (TPSA) is 50.4 Å². The highest BCUT2D eigenvalue weighted by Crippen LogP contribution is 2.03. The lowest BCUT2D eigenvalue weighted by molar-refractivity contribution is 0.188. The first-order chi connectivity index (χ1) is 7.26. The number of hydrogen-bond donors (Lipinski definition) is 2. The Bertz CT molecular complexity index is 241. The smallest absolute Gasteiger partial charge is 0.315 e. The molecule has 0 saturated carbocycles. The largest absolute Gasteiger partial charge is 0.379 e. The Morgan fingerprint density at radius 3 is 3.07 bits per heavy atom. The van der Waals surface area contributed by atoms with Crippen LogP contribution in [0.5, 0.6) is 0 Å². The van der Waals surface area contributed by atoms with E-state index in [0.29, 0.717) is 13.0 Å². The second-order valence-corrected chi connectivity index (χ2v) is 3.69. The van der Waals surface area contributed by atoms with Crippen LogP contribution in [0.2, 0.25) is 0 Å². The van der Waals surface area contributed by atoms with Crippen molar-refractivity contribution in [1.29, 1.82) is 0 Å². The molecule has 2 N–H and O–H groups in total. The van der Waals surface area contributed by atoms with Crippen molar-refractivity contribution in [2.24, 2.45) is 0 Å². The van der Waals surface area contributed by atoms with Gasteiger partial charge >= 0.3 is 6.03 Å². The maximum atomic E-state index is 11.5. The summed E-state index contributed by atoms with van der Waals surface area (Å²) in [6, 6.07) is 0.0678. The summed E-state index contributed by atoms with van der Waals surface area (Å²) in [5, 5.41) is 5.70. The molecular weight excluding hydrogens is 192 g/mol. The molecule has 84 valence electrons. The molecule has 0 aliphatic carbocycles. The molecule has 1 heterocycles. The molecule has 4 heteroatoms. The highest BCUT2D eigenvalue weighted by molar-refractivity contribution is 5.74. The molecule has 1 fully saturated rings. The van der Waals surface area contributed by atoms with E-state index in [0.717, 1.165) is 19.4 Å². The number of amides is 2. The van der Waals surface area contributed by atoms with Crippen molar-refractivity contribution in [3.05, 3.63) is 0 Å². The van der Waals surface area contributed by atoms with Crippen molar-refractivity contribution in [3.63, 3.8) is 0 Å². The van der Waals surface area contributed by atoms with Gasteiger partial charge in [-0.25, -0.2) is 4.79 Å². The number of carbonyl (C=O) groups excluding carboxylic acids is 1. The van der Waals surface area contributed by atoms with Gasteiger partial charge in [-0.05, 0) is 12.8 Å². The van der Waals surface area contributed by atoms with E-state index in [9.17, 15) is 4.79 Å². The molecule has 1 saturated heterocycles. The number of carbonyl (C=O) groups is 1. The summed E-state index contributed by atoms with van der Waals surface area (Å²) in [7, 11) is 0. The Balaban J connectivity index is 2.24. The van der Waals surface area contributed by atoms with Gasteiger partial charge < -0.3 is 15.4 Å². The molecular formula is C11H18N2O2. The van der Waals surface area contributed by atoms with Gasteiger partial charge in [0.15, 0.2) is 0 Å². The molecule has 0 radical (unpaired) electrons. The minimum Gasteiger partial charge on any atom is -0.379 e. The van der Waals surface area contributed by atoms with Crippen LogP contribution >= 0.6 is 0 Å². The maximum Gasteiger partial charge on any atom is 0.315 e. The van der Waals surface area contributed by atoms with E-state index in [1.807, 2.05) is 6.92 Å². The Morgan fingerprint density at radius 1 is 1.73 bits per heavy atom. The van der Waals surface area contributed by atoms with E-state index in [1.54, 1.807) is 0 Å². The van der Waals surface area contributed by atoms with E-state index in [1.165, 1.54) is 0 Å². The summed E-state index contributed by atoms with van der Waals surface area (Å²) in [6.07, 6.45) is 7.51. The second-order valence-electron chi connectivity index (χ2n) is 3.69. The summed E-state index contributed by atoms with van der Waals surface area (Å²) >= 11 is 0. The van der Waals surface area contributed by atoms with E-state index in [4.69, 9.17) is 11.2 Å². The standard InChI is InChI=1S/C11H18N2O2/c1-3-5-9(4-2)12-11(14)13-10-6-7-15-8-10/h1,9-10H,4-8H2,2H3,(H2,12,13,14). The molecule has 2 unspecified atom stereocenters. The fraction of sp³-hybridized carbons (Fsp3) is 0.727. The first-order valence-corrected chi connectivity index (χ1v) is 5.34. The van der Waals surface area contributed by atoms with Gasteiger partial charge in [0.25, 0.3) is 0 Å². The monoisotopic (exact) mass is 210 g/mol. The lowest BCUT2D eigenvalue weighted by Gasteiger charge is -2.17. The molecule has 1 aliphatic heterocycles. The average Bonchev–Trinajstić information content (AvgIpc) is 2.69. The van der Waals surface area contributed by atoms with Gasteiger partial charge in [0.1, 0.15) is 0 Å². The first-order valence-electron chi connectivity index (χ1n) is 5.34. The van der Waals surface area contributed by atoms with Crippen LogP contribution < -0.4 is 10.6 Å².